The summed E-state index contributed by atoms with van der Waals surface area (Å²) >= 11 is 0. The van der Waals surface area contributed by atoms with Crippen molar-refractivity contribution in [3.63, 3.8) is 0 Å². The lowest BCUT2D eigenvalue weighted by molar-refractivity contribution is -0.142. The van der Waals surface area contributed by atoms with Gasteiger partial charge < -0.3 is 15.3 Å². The van der Waals surface area contributed by atoms with E-state index in [0.717, 1.165) is 19.3 Å². The summed E-state index contributed by atoms with van der Waals surface area (Å²) in [5, 5.41) is 11.8. The van der Waals surface area contributed by atoms with E-state index in [1.165, 1.54) is 0 Å². The molecule has 0 aromatic carbocycles. The van der Waals surface area contributed by atoms with Crippen LogP contribution in [0.25, 0.3) is 0 Å². The highest BCUT2D eigenvalue weighted by Gasteiger charge is 2.37. The van der Waals surface area contributed by atoms with E-state index in [4.69, 9.17) is 0 Å². The highest BCUT2D eigenvalue weighted by atomic mass is 16.4. The van der Waals surface area contributed by atoms with Gasteiger partial charge in [-0.25, -0.2) is 9.59 Å². The molecule has 0 heterocycles. The molecule has 5 nitrogen and oxygen atoms in total. The summed E-state index contributed by atoms with van der Waals surface area (Å²) in [5.41, 5.74) is -0.497. The average Bonchev–Trinajstić information content (AvgIpc) is 3.03. The third kappa shape index (κ3) is 3.89. The maximum Gasteiger partial charge on any atom is 0.326 e. The van der Waals surface area contributed by atoms with Gasteiger partial charge in [0, 0.05) is 12.6 Å². The standard InChI is InChI=1S/C13H24N2O3/c1-5-8-15(9-6-7-9)12(18)14-10(11(16)17)13(2,3)4/h9-10H,5-8H2,1-4H3,(H,14,18)(H,16,17)/t10-/m0/s1. The molecule has 0 bridgehead atoms. The van der Waals surface area contributed by atoms with Crippen molar-refractivity contribution in [2.24, 2.45) is 5.41 Å². The van der Waals surface area contributed by atoms with Crippen LogP contribution in [0.1, 0.15) is 47.0 Å². The van der Waals surface area contributed by atoms with Gasteiger partial charge in [0.15, 0.2) is 0 Å². The van der Waals surface area contributed by atoms with Gasteiger partial charge >= 0.3 is 12.0 Å². The van der Waals surface area contributed by atoms with E-state index >= 15 is 0 Å². The lowest BCUT2D eigenvalue weighted by Gasteiger charge is -2.31. The Hall–Kier alpha value is -1.26. The monoisotopic (exact) mass is 256 g/mol. The zero-order chi connectivity index (χ0) is 13.9. The van der Waals surface area contributed by atoms with Crippen molar-refractivity contribution in [2.45, 2.75) is 59.0 Å². The molecule has 5 heteroatoms. The number of urea groups is 1. The summed E-state index contributed by atoms with van der Waals surface area (Å²) in [6, 6.07) is -0.802. The minimum atomic E-state index is -0.983. The number of nitrogens with one attached hydrogen (secondary N) is 1. The summed E-state index contributed by atoms with van der Waals surface area (Å²) in [6.45, 7) is 8.14. The zero-order valence-corrected chi connectivity index (χ0v) is 11.7. The summed E-state index contributed by atoms with van der Waals surface area (Å²) in [4.78, 5) is 25.1. The first-order valence-corrected chi connectivity index (χ1v) is 6.57. The molecule has 0 spiro atoms. The Kier molecular flexibility index (Phi) is 4.59. The van der Waals surface area contributed by atoms with Crippen LogP contribution in [-0.4, -0.2) is 40.6 Å². The first-order valence-electron chi connectivity index (χ1n) is 6.57. The number of aliphatic carboxylic acids is 1. The predicted molar refractivity (Wildman–Crippen MR) is 69.4 cm³/mol. The number of rotatable bonds is 5. The van der Waals surface area contributed by atoms with E-state index in [-0.39, 0.29) is 6.03 Å². The quantitative estimate of drug-likeness (QED) is 0.791. The largest absolute Gasteiger partial charge is 0.480 e. The fourth-order valence-corrected chi connectivity index (χ4v) is 1.93. The van der Waals surface area contributed by atoms with Crippen molar-refractivity contribution in [3.05, 3.63) is 0 Å². The van der Waals surface area contributed by atoms with Crippen LogP contribution in [0.5, 0.6) is 0 Å². The highest BCUT2D eigenvalue weighted by Crippen LogP contribution is 2.27. The van der Waals surface area contributed by atoms with Gasteiger partial charge in [0.2, 0.25) is 0 Å². The van der Waals surface area contributed by atoms with Crippen molar-refractivity contribution >= 4 is 12.0 Å². The summed E-state index contributed by atoms with van der Waals surface area (Å²) in [6.07, 6.45) is 2.94. The third-order valence-corrected chi connectivity index (χ3v) is 3.09. The van der Waals surface area contributed by atoms with E-state index < -0.39 is 17.4 Å². The van der Waals surface area contributed by atoms with Gasteiger partial charge in [-0.3, -0.25) is 0 Å². The number of carboxylic acids is 1. The topological polar surface area (TPSA) is 69.6 Å². The molecule has 1 saturated carbocycles. The van der Waals surface area contributed by atoms with E-state index in [0.29, 0.717) is 12.6 Å². The molecule has 1 aliphatic carbocycles. The Bertz CT molecular complexity index is 319. The van der Waals surface area contributed by atoms with Crippen LogP contribution >= 0.6 is 0 Å². The number of carboxylic acid groups (broad SMARTS) is 1. The smallest absolute Gasteiger partial charge is 0.326 e. The molecule has 2 amide bonds. The normalized spacial score (nSPS) is 17.1. The lowest BCUT2D eigenvalue weighted by atomic mass is 9.87. The van der Waals surface area contributed by atoms with E-state index in [1.807, 2.05) is 27.7 Å². The SMILES string of the molecule is CCCN(C(=O)N[C@@H](C(=O)O)C(C)(C)C)C1CC1. The van der Waals surface area contributed by atoms with E-state index in [1.54, 1.807) is 4.90 Å². The van der Waals surface area contributed by atoms with Crippen LogP contribution in [-0.2, 0) is 4.79 Å². The first kappa shape index (κ1) is 14.8. The van der Waals surface area contributed by atoms with E-state index in [2.05, 4.69) is 5.32 Å². The van der Waals surface area contributed by atoms with Gasteiger partial charge in [-0.2, -0.15) is 0 Å². The minimum Gasteiger partial charge on any atom is -0.480 e. The molecule has 0 aromatic rings. The maximum absolute atomic E-state index is 12.1. The minimum absolute atomic E-state index is 0.248. The predicted octanol–water partition coefficient (Wildman–Crippen LogP) is 2.07. The molecule has 0 aromatic heterocycles. The van der Waals surface area contributed by atoms with Crippen molar-refractivity contribution < 1.29 is 14.7 Å². The Balaban J connectivity index is 2.67. The first-order chi connectivity index (χ1) is 8.27. The number of carbonyl (C=O) groups excluding carboxylic acids is 1. The van der Waals surface area contributed by atoms with Crippen LogP contribution in [0.3, 0.4) is 0 Å². The molecule has 0 aliphatic heterocycles. The molecule has 1 fully saturated rings. The number of carbonyl (C=O) groups is 2. The number of amides is 2. The van der Waals surface area contributed by atoms with Crippen molar-refractivity contribution in [1.82, 2.24) is 10.2 Å². The van der Waals surface area contributed by atoms with E-state index in [9.17, 15) is 14.7 Å². The Morgan fingerprint density at radius 2 is 1.94 bits per heavy atom. The van der Waals surface area contributed by atoms with Crippen LogP contribution in [0, 0.1) is 5.41 Å². The second-order valence-electron chi connectivity index (χ2n) is 6.01. The molecular formula is C13H24N2O3. The van der Waals surface area contributed by atoms with Crippen molar-refractivity contribution in [1.29, 1.82) is 0 Å². The second kappa shape index (κ2) is 5.59. The van der Waals surface area contributed by atoms with Gasteiger partial charge in [-0.15, -0.1) is 0 Å². The fraction of sp³-hybridized carbons (Fsp3) is 0.846. The third-order valence-electron chi connectivity index (χ3n) is 3.09. The van der Waals surface area contributed by atoms with Crippen LogP contribution in [0.4, 0.5) is 4.79 Å². The molecule has 18 heavy (non-hydrogen) atoms. The van der Waals surface area contributed by atoms with Gasteiger partial charge in [0.25, 0.3) is 0 Å². The molecule has 1 atom stereocenters. The van der Waals surface area contributed by atoms with Crippen LogP contribution in [0.2, 0.25) is 0 Å². The summed E-state index contributed by atoms with van der Waals surface area (Å²) in [7, 11) is 0. The highest BCUT2D eigenvalue weighted by molar-refractivity contribution is 5.83. The van der Waals surface area contributed by atoms with Crippen molar-refractivity contribution in [2.75, 3.05) is 6.54 Å². The number of hydrogen-bond acceptors (Lipinski definition) is 2. The fourth-order valence-electron chi connectivity index (χ4n) is 1.93. The molecule has 0 unspecified atom stereocenters. The average molecular weight is 256 g/mol. The summed E-state index contributed by atoms with van der Waals surface area (Å²) in [5.74, 6) is -0.983. The summed E-state index contributed by atoms with van der Waals surface area (Å²) < 4.78 is 0. The Morgan fingerprint density at radius 1 is 1.39 bits per heavy atom. The molecule has 104 valence electrons. The van der Waals surface area contributed by atoms with Gasteiger partial charge in [-0.1, -0.05) is 27.7 Å². The van der Waals surface area contributed by atoms with Gasteiger partial charge in [0.05, 0.1) is 0 Å². The molecule has 2 N–H and O–H groups in total. The maximum atomic E-state index is 12.1. The van der Waals surface area contributed by atoms with Crippen molar-refractivity contribution in [3.8, 4) is 0 Å². The molecule has 0 saturated heterocycles. The lowest BCUT2D eigenvalue weighted by Crippen LogP contribution is -2.53. The van der Waals surface area contributed by atoms with Crippen LogP contribution < -0.4 is 5.32 Å². The van der Waals surface area contributed by atoms with Gasteiger partial charge in [0.1, 0.15) is 6.04 Å². The Morgan fingerprint density at radius 3 is 2.28 bits per heavy atom. The molecule has 1 aliphatic rings. The molecule has 0 radical (unpaired) electrons. The molecule has 1 rings (SSSR count). The van der Waals surface area contributed by atoms with Gasteiger partial charge in [-0.05, 0) is 24.7 Å². The number of hydrogen-bond donors (Lipinski definition) is 2. The second-order valence-corrected chi connectivity index (χ2v) is 6.01. The van der Waals surface area contributed by atoms with Crippen LogP contribution in [0.15, 0.2) is 0 Å². The Labute approximate surface area is 109 Å². The zero-order valence-electron chi connectivity index (χ0n) is 11.7. The number of nitrogens with zero attached hydrogens (tertiary/aromatic N) is 1. The molecular weight excluding hydrogens is 232 g/mol.